The molecule has 0 aliphatic rings. The maximum absolute atomic E-state index is 12.6. The van der Waals surface area contributed by atoms with Gasteiger partial charge in [0.25, 0.3) is 6.43 Å². The van der Waals surface area contributed by atoms with E-state index in [0.29, 0.717) is 13.1 Å². The summed E-state index contributed by atoms with van der Waals surface area (Å²) in [6.45, 7) is 0.827. The highest BCUT2D eigenvalue weighted by Crippen LogP contribution is 2.19. The van der Waals surface area contributed by atoms with E-state index in [-0.39, 0.29) is 5.56 Å². The summed E-state index contributed by atoms with van der Waals surface area (Å²) in [7, 11) is 0. The fourth-order valence-corrected chi connectivity index (χ4v) is 1.99. The lowest BCUT2D eigenvalue weighted by Crippen LogP contribution is -2.21. The van der Waals surface area contributed by atoms with Crippen LogP contribution in [0.25, 0.3) is 0 Å². The fourth-order valence-electron chi connectivity index (χ4n) is 1.99. The first-order valence-electron chi connectivity index (χ1n) is 6.47. The summed E-state index contributed by atoms with van der Waals surface area (Å²) in [4.78, 5) is 0. The van der Waals surface area contributed by atoms with Crippen LogP contribution < -0.4 is 5.32 Å². The minimum atomic E-state index is -2.45. The number of aliphatic hydroxyl groups excluding tert-OH is 1. The van der Waals surface area contributed by atoms with Crippen molar-refractivity contribution in [3.8, 4) is 0 Å². The number of hydrogen-bond acceptors (Lipinski definition) is 2. The molecule has 2 rings (SSSR count). The zero-order chi connectivity index (χ0) is 14.4. The van der Waals surface area contributed by atoms with E-state index >= 15 is 0 Å². The van der Waals surface area contributed by atoms with Crippen LogP contribution in [0.3, 0.4) is 0 Å². The molecule has 2 aromatic rings. The number of benzene rings is 2. The van der Waals surface area contributed by atoms with E-state index < -0.39 is 12.5 Å². The molecule has 0 aliphatic heterocycles. The molecule has 2 aromatic carbocycles. The zero-order valence-electron chi connectivity index (χ0n) is 11.0. The lowest BCUT2D eigenvalue weighted by atomic mass is 10.1. The van der Waals surface area contributed by atoms with E-state index in [9.17, 15) is 13.9 Å². The van der Waals surface area contributed by atoms with Crippen LogP contribution in [-0.4, -0.2) is 11.7 Å². The Bertz CT molecular complexity index is 531. The van der Waals surface area contributed by atoms with Crippen molar-refractivity contribution in [1.82, 2.24) is 5.32 Å². The predicted octanol–water partition coefficient (Wildman–Crippen LogP) is 3.45. The molecule has 106 valence electrons. The van der Waals surface area contributed by atoms with Crippen LogP contribution in [-0.2, 0) is 6.54 Å². The van der Waals surface area contributed by atoms with Gasteiger partial charge in [0.15, 0.2) is 0 Å². The fraction of sp³-hybridized carbons (Fsp3) is 0.250. The lowest BCUT2D eigenvalue weighted by molar-refractivity contribution is 0.151. The second-order valence-electron chi connectivity index (χ2n) is 4.60. The standard InChI is InChI=1S/C16H17F2NO/c17-16(18)14-8-4-5-12(9-14)10-19-11-15(20)13-6-2-1-3-7-13/h1-9,15-16,19-20H,10-11H2. The average molecular weight is 277 g/mol. The molecule has 0 radical (unpaired) electrons. The van der Waals surface area contributed by atoms with Crippen molar-refractivity contribution in [1.29, 1.82) is 0 Å². The van der Waals surface area contributed by atoms with Crippen LogP contribution in [0, 0.1) is 0 Å². The Balaban J connectivity index is 1.85. The summed E-state index contributed by atoms with van der Waals surface area (Å²) in [5.41, 5.74) is 1.64. The van der Waals surface area contributed by atoms with Crippen molar-refractivity contribution in [2.75, 3.05) is 6.54 Å². The first-order chi connectivity index (χ1) is 9.66. The van der Waals surface area contributed by atoms with E-state index in [4.69, 9.17) is 0 Å². The minimum absolute atomic E-state index is 0.0212. The molecule has 0 aromatic heterocycles. The molecule has 0 spiro atoms. The first-order valence-corrected chi connectivity index (χ1v) is 6.47. The number of hydrogen-bond donors (Lipinski definition) is 2. The highest BCUT2D eigenvalue weighted by Gasteiger charge is 2.08. The maximum atomic E-state index is 12.6. The molecule has 0 aliphatic carbocycles. The predicted molar refractivity (Wildman–Crippen MR) is 74.5 cm³/mol. The maximum Gasteiger partial charge on any atom is 0.263 e. The number of alkyl halides is 2. The van der Waals surface area contributed by atoms with Crippen molar-refractivity contribution in [3.05, 3.63) is 71.3 Å². The molecular weight excluding hydrogens is 260 g/mol. The number of nitrogens with one attached hydrogen (secondary N) is 1. The Morgan fingerprint density at radius 2 is 1.65 bits per heavy atom. The Morgan fingerprint density at radius 3 is 2.35 bits per heavy atom. The van der Waals surface area contributed by atoms with Crippen molar-refractivity contribution in [3.63, 3.8) is 0 Å². The molecule has 2 N–H and O–H groups in total. The third-order valence-electron chi connectivity index (χ3n) is 3.05. The van der Waals surface area contributed by atoms with E-state index in [1.165, 1.54) is 12.1 Å². The lowest BCUT2D eigenvalue weighted by Gasteiger charge is -2.12. The third kappa shape index (κ3) is 4.11. The molecule has 2 nitrogen and oxygen atoms in total. The van der Waals surface area contributed by atoms with Crippen LogP contribution in [0.5, 0.6) is 0 Å². The van der Waals surface area contributed by atoms with Gasteiger partial charge in [-0.3, -0.25) is 0 Å². The van der Waals surface area contributed by atoms with Gasteiger partial charge in [0.2, 0.25) is 0 Å². The van der Waals surface area contributed by atoms with E-state index in [1.54, 1.807) is 12.1 Å². The van der Waals surface area contributed by atoms with Crippen molar-refractivity contribution >= 4 is 0 Å². The Labute approximate surface area is 117 Å². The summed E-state index contributed by atoms with van der Waals surface area (Å²) in [6, 6.07) is 15.6. The minimum Gasteiger partial charge on any atom is -0.387 e. The van der Waals surface area contributed by atoms with Crippen LogP contribution in [0.2, 0.25) is 0 Å². The van der Waals surface area contributed by atoms with Crippen molar-refractivity contribution in [2.45, 2.75) is 19.1 Å². The second-order valence-corrected chi connectivity index (χ2v) is 4.60. The van der Waals surface area contributed by atoms with E-state index in [1.807, 2.05) is 30.3 Å². The van der Waals surface area contributed by atoms with Crippen LogP contribution in [0.1, 0.15) is 29.2 Å². The second kappa shape index (κ2) is 7.12. The molecule has 1 unspecified atom stereocenters. The Kier molecular flexibility index (Phi) is 5.21. The highest BCUT2D eigenvalue weighted by atomic mass is 19.3. The monoisotopic (exact) mass is 277 g/mol. The molecule has 4 heteroatoms. The Morgan fingerprint density at radius 1 is 0.950 bits per heavy atom. The van der Waals surface area contributed by atoms with Gasteiger partial charge in [0, 0.05) is 18.7 Å². The third-order valence-corrected chi connectivity index (χ3v) is 3.05. The van der Waals surface area contributed by atoms with Gasteiger partial charge in [0.1, 0.15) is 0 Å². The number of rotatable bonds is 6. The van der Waals surface area contributed by atoms with Crippen LogP contribution in [0.4, 0.5) is 8.78 Å². The van der Waals surface area contributed by atoms with Crippen LogP contribution >= 0.6 is 0 Å². The first kappa shape index (κ1) is 14.6. The number of halogens is 2. The van der Waals surface area contributed by atoms with Crippen molar-refractivity contribution in [2.24, 2.45) is 0 Å². The highest BCUT2D eigenvalue weighted by molar-refractivity contribution is 5.24. The summed E-state index contributed by atoms with van der Waals surface area (Å²) in [6.07, 6.45) is -3.06. The van der Waals surface area contributed by atoms with Crippen LogP contribution in [0.15, 0.2) is 54.6 Å². The molecule has 0 heterocycles. The van der Waals surface area contributed by atoms with Gasteiger partial charge in [-0.2, -0.15) is 0 Å². The van der Waals surface area contributed by atoms with Gasteiger partial charge in [0.05, 0.1) is 6.10 Å². The average Bonchev–Trinajstić information content (AvgIpc) is 2.48. The molecule has 0 saturated heterocycles. The van der Waals surface area contributed by atoms with Gasteiger partial charge in [-0.15, -0.1) is 0 Å². The smallest absolute Gasteiger partial charge is 0.263 e. The Hall–Kier alpha value is -1.78. The molecule has 1 atom stereocenters. The molecule has 0 amide bonds. The van der Waals surface area contributed by atoms with Gasteiger partial charge < -0.3 is 10.4 Å². The molecule has 20 heavy (non-hydrogen) atoms. The topological polar surface area (TPSA) is 32.3 Å². The van der Waals surface area contributed by atoms with E-state index in [2.05, 4.69) is 5.32 Å². The van der Waals surface area contributed by atoms with Crippen molar-refractivity contribution < 1.29 is 13.9 Å². The zero-order valence-corrected chi connectivity index (χ0v) is 11.0. The molecule has 0 fully saturated rings. The summed E-state index contributed by atoms with van der Waals surface area (Å²) in [5, 5.41) is 13.0. The largest absolute Gasteiger partial charge is 0.387 e. The SMILES string of the molecule is OC(CNCc1cccc(C(F)F)c1)c1ccccc1. The number of aliphatic hydroxyl groups is 1. The van der Waals surface area contributed by atoms with Gasteiger partial charge in [-0.1, -0.05) is 48.5 Å². The van der Waals surface area contributed by atoms with Gasteiger partial charge >= 0.3 is 0 Å². The molecular formula is C16H17F2NO. The normalized spacial score (nSPS) is 12.6. The van der Waals surface area contributed by atoms with Gasteiger partial charge in [-0.05, 0) is 17.2 Å². The summed E-state index contributed by atoms with van der Waals surface area (Å²) in [5.74, 6) is 0. The molecule has 0 saturated carbocycles. The summed E-state index contributed by atoms with van der Waals surface area (Å²) < 4.78 is 25.1. The summed E-state index contributed by atoms with van der Waals surface area (Å²) >= 11 is 0. The molecule has 0 bridgehead atoms. The van der Waals surface area contributed by atoms with E-state index in [0.717, 1.165) is 11.1 Å². The quantitative estimate of drug-likeness (QED) is 0.847. The van der Waals surface area contributed by atoms with Gasteiger partial charge in [-0.25, -0.2) is 8.78 Å².